The number of pyridine rings is 1. The largest absolute Gasteiger partial charge is 0.506 e. The molecule has 12 heteroatoms. The van der Waals surface area contributed by atoms with Crippen molar-refractivity contribution in [1.29, 1.82) is 0 Å². The number of benzene rings is 2. The van der Waals surface area contributed by atoms with Gasteiger partial charge in [0.25, 0.3) is 5.56 Å². The Kier molecular flexibility index (Phi) is 9.23. The average Bonchev–Trinajstić information content (AvgIpc) is 3.46. The van der Waals surface area contributed by atoms with E-state index in [1.165, 1.54) is 14.2 Å². The Morgan fingerprint density at radius 3 is 2.46 bits per heavy atom. The minimum absolute atomic E-state index is 0.0555. The molecule has 4 rings (SSSR count). The first-order valence-electron chi connectivity index (χ1n) is 12.9. The second-order valence-corrected chi connectivity index (χ2v) is 8.99. The van der Waals surface area contributed by atoms with Crippen molar-refractivity contribution < 1.29 is 43.1 Å². The second kappa shape index (κ2) is 13.0. The van der Waals surface area contributed by atoms with Crippen LogP contribution in [0.4, 0.5) is 0 Å². The van der Waals surface area contributed by atoms with E-state index in [1.54, 1.807) is 20.1 Å². The van der Waals surface area contributed by atoms with Crippen LogP contribution in [0, 0.1) is 0 Å². The van der Waals surface area contributed by atoms with Gasteiger partial charge < -0.3 is 43.8 Å². The predicted octanol–water partition coefficient (Wildman–Crippen LogP) is 2.89. The summed E-state index contributed by atoms with van der Waals surface area (Å²) in [5.74, 6) is -1.23. The molecule has 3 aromatic rings. The molecule has 2 aromatic carbocycles. The van der Waals surface area contributed by atoms with Gasteiger partial charge in [0, 0.05) is 30.6 Å². The van der Waals surface area contributed by atoms with Crippen LogP contribution in [-0.4, -0.2) is 63.2 Å². The van der Waals surface area contributed by atoms with Crippen LogP contribution in [0.25, 0.3) is 0 Å². The first kappa shape index (κ1) is 29.1. The van der Waals surface area contributed by atoms with Crippen molar-refractivity contribution >= 4 is 11.9 Å². The fraction of sp³-hybridized carbons (Fsp3) is 0.345. The summed E-state index contributed by atoms with van der Waals surface area (Å²) in [6.07, 6.45) is 1.33. The van der Waals surface area contributed by atoms with Crippen molar-refractivity contribution in [3.05, 3.63) is 69.1 Å². The van der Waals surface area contributed by atoms with Gasteiger partial charge in [0.15, 0.2) is 11.5 Å². The lowest BCUT2D eigenvalue weighted by Gasteiger charge is -2.23. The molecule has 3 N–H and O–H groups in total. The van der Waals surface area contributed by atoms with Gasteiger partial charge in [0.1, 0.15) is 17.1 Å². The highest BCUT2D eigenvalue weighted by Crippen LogP contribution is 2.53. The van der Waals surface area contributed by atoms with Gasteiger partial charge in [-0.25, -0.2) is 4.79 Å². The Morgan fingerprint density at radius 1 is 1.07 bits per heavy atom. The molecular weight excluding hydrogens is 536 g/mol. The van der Waals surface area contributed by atoms with Gasteiger partial charge in [-0.05, 0) is 37.1 Å². The van der Waals surface area contributed by atoms with E-state index in [0.29, 0.717) is 24.3 Å². The van der Waals surface area contributed by atoms with E-state index >= 15 is 0 Å². The molecule has 1 aromatic heterocycles. The van der Waals surface area contributed by atoms with Gasteiger partial charge in [-0.1, -0.05) is 12.1 Å². The molecule has 1 atom stereocenters. The van der Waals surface area contributed by atoms with Crippen LogP contribution in [0.5, 0.6) is 34.5 Å². The Labute approximate surface area is 236 Å². The minimum Gasteiger partial charge on any atom is -0.506 e. The number of aromatic nitrogens is 1. The molecule has 0 bridgehead atoms. The quantitative estimate of drug-likeness (QED) is 0.278. The number of methoxy groups -OCH3 is 3. The molecule has 0 saturated heterocycles. The number of rotatable bonds is 12. The summed E-state index contributed by atoms with van der Waals surface area (Å²) in [6.45, 7) is 1.89. The zero-order valence-corrected chi connectivity index (χ0v) is 23.2. The SMILES string of the molecule is CCOC(=O)c1c[nH]c(=O)c(C(CC(=O)NCCc2ccc(OC)cc2)c2cc(OC)c3c(c2OC)OCO3)c1O. The van der Waals surface area contributed by atoms with E-state index in [2.05, 4.69) is 10.3 Å². The number of hydrogen-bond acceptors (Lipinski definition) is 10. The monoisotopic (exact) mass is 568 g/mol. The molecule has 218 valence electrons. The van der Waals surface area contributed by atoms with Crippen LogP contribution in [0.1, 0.15) is 46.3 Å². The van der Waals surface area contributed by atoms with Gasteiger partial charge in [0.2, 0.25) is 24.2 Å². The van der Waals surface area contributed by atoms with Crippen LogP contribution < -0.4 is 34.6 Å². The zero-order chi connectivity index (χ0) is 29.5. The maximum absolute atomic E-state index is 13.3. The number of carbonyl (C=O) groups is 2. The molecule has 2 heterocycles. The molecule has 0 radical (unpaired) electrons. The van der Waals surface area contributed by atoms with E-state index in [4.69, 9.17) is 28.4 Å². The lowest BCUT2D eigenvalue weighted by atomic mass is 9.86. The maximum atomic E-state index is 13.3. The fourth-order valence-corrected chi connectivity index (χ4v) is 4.64. The molecule has 0 saturated carbocycles. The third kappa shape index (κ3) is 6.16. The molecule has 12 nitrogen and oxygen atoms in total. The second-order valence-electron chi connectivity index (χ2n) is 8.99. The summed E-state index contributed by atoms with van der Waals surface area (Å²) in [5, 5.41) is 14.0. The number of nitrogens with one attached hydrogen (secondary N) is 2. The van der Waals surface area contributed by atoms with E-state index in [0.717, 1.165) is 17.5 Å². The lowest BCUT2D eigenvalue weighted by molar-refractivity contribution is -0.121. The summed E-state index contributed by atoms with van der Waals surface area (Å²) < 4.78 is 32.5. The molecule has 1 aliphatic rings. The van der Waals surface area contributed by atoms with E-state index < -0.39 is 29.1 Å². The average molecular weight is 569 g/mol. The van der Waals surface area contributed by atoms with Crippen molar-refractivity contribution in [2.45, 2.75) is 25.7 Å². The summed E-state index contributed by atoms with van der Waals surface area (Å²) in [6, 6.07) is 9.01. The van der Waals surface area contributed by atoms with Gasteiger partial charge >= 0.3 is 5.97 Å². The molecule has 1 aliphatic heterocycles. The summed E-state index contributed by atoms with van der Waals surface area (Å²) in [7, 11) is 4.42. The predicted molar refractivity (Wildman–Crippen MR) is 147 cm³/mol. The summed E-state index contributed by atoms with van der Waals surface area (Å²) >= 11 is 0. The third-order valence-electron chi connectivity index (χ3n) is 6.62. The van der Waals surface area contributed by atoms with Crippen LogP contribution in [0.15, 0.2) is 41.3 Å². The highest BCUT2D eigenvalue weighted by atomic mass is 16.7. The smallest absolute Gasteiger partial charge is 0.343 e. The minimum atomic E-state index is -1.09. The van der Waals surface area contributed by atoms with E-state index in [9.17, 15) is 19.5 Å². The molecule has 0 spiro atoms. The van der Waals surface area contributed by atoms with E-state index in [-0.39, 0.29) is 48.2 Å². The number of carbonyl (C=O) groups excluding carboxylic acids is 2. The number of fused-ring (bicyclic) bond motifs is 1. The van der Waals surface area contributed by atoms with Gasteiger partial charge in [0.05, 0.1) is 33.5 Å². The van der Waals surface area contributed by atoms with Crippen LogP contribution in [-0.2, 0) is 16.0 Å². The molecule has 1 unspecified atom stereocenters. The van der Waals surface area contributed by atoms with E-state index in [1.807, 2.05) is 24.3 Å². The molecule has 41 heavy (non-hydrogen) atoms. The van der Waals surface area contributed by atoms with Gasteiger partial charge in [-0.3, -0.25) is 9.59 Å². The number of H-pyrrole nitrogens is 1. The molecule has 0 aliphatic carbocycles. The van der Waals surface area contributed by atoms with Gasteiger partial charge in [-0.2, -0.15) is 0 Å². The Morgan fingerprint density at radius 2 is 1.80 bits per heavy atom. The standard InChI is InChI=1S/C29H32N2O10/c1-5-39-29(35)20-14-31-28(34)23(24(20)33)18(13-22(32)30-11-10-16-6-8-17(36-2)9-7-16)19-12-21(37-3)26-27(25(19)38-4)41-15-40-26/h6-9,12,14,18H,5,10-11,13,15H2,1-4H3,(H,30,32)(H2,31,33,34). The normalized spacial score (nSPS) is 12.4. The highest BCUT2D eigenvalue weighted by Gasteiger charge is 2.35. The molecule has 1 amide bonds. The number of amides is 1. The number of hydrogen-bond donors (Lipinski definition) is 3. The van der Waals surface area contributed by atoms with Crippen molar-refractivity contribution in [1.82, 2.24) is 10.3 Å². The molecule has 0 fully saturated rings. The number of ether oxygens (including phenoxy) is 6. The number of esters is 1. The summed E-state index contributed by atoms with van der Waals surface area (Å²) in [5.41, 5.74) is 0.116. The number of aromatic amines is 1. The maximum Gasteiger partial charge on any atom is 0.343 e. The van der Waals surface area contributed by atoms with Crippen LogP contribution in [0.3, 0.4) is 0 Å². The fourth-order valence-electron chi connectivity index (χ4n) is 4.64. The first-order chi connectivity index (χ1) is 19.8. The Balaban J connectivity index is 1.73. The first-order valence-corrected chi connectivity index (χ1v) is 12.9. The third-order valence-corrected chi connectivity index (χ3v) is 6.62. The Hall–Kier alpha value is -4.87. The van der Waals surface area contributed by atoms with Gasteiger partial charge in [-0.15, -0.1) is 0 Å². The van der Waals surface area contributed by atoms with Crippen molar-refractivity contribution in [3.8, 4) is 34.5 Å². The zero-order valence-electron chi connectivity index (χ0n) is 23.2. The van der Waals surface area contributed by atoms with Crippen LogP contribution in [0.2, 0.25) is 0 Å². The van der Waals surface area contributed by atoms with Crippen LogP contribution >= 0.6 is 0 Å². The molecular formula is C29H32N2O10. The Bertz CT molecular complexity index is 1470. The number of aromatic hydroxyl groups is 1. The summed E-state index contributed by atoms with van der Waals surface area (Å²) in [4.78, 5) is 41.5. The highest BCUT2D eigenvalue weighted by molar-refractivity contribution is 5.92. The van der Waals surface area contributed by atoms with Crippen molar-refractivity contribution in [2.75, 3.05) is 41.3 Å². The lowest BCUT2D eigenvalue weighted by Crippen LogP contribution is -2.29. The topological polar surface area (TPSA) is 155 Å². The van der Waals surface area contributed by atoms with Crippen molar-refractivity contribution in [3.63, 3.8) is 0 Å². The van der Waals surface area contributed by atoms with Crippen molar-refractivity contribution in [2.24, 2.45) is 0 Å².